The van der Waals surface area contributed by atoms with Crippen LogP contribution in [0.2, 0.25) is 0 Å². The molecule has 0 aliphatic heterocycles. The molecule has 0 radical (unpaired) electrons. The van der Waals surface area contributed by atoms with Gasteiger partial charge in [0.1, 0.15) is 0 Å². The molecule has 0 saturated carbocycles. The molecule has 0 aromatic rings. The van der Waals surface area contributed by atoms with E-state index in [1.165, 1.54) is 5.57 Å². The maximum atomic E-state index is 5.46. The van der Waals surface area contributed by atoms with Gasteiger partial charge in [0.15, 0.2) is 0 Å². The molecule has 58 valence electrons. The number of nitrogens with two attached hydrogens (primary N) is 1. The number of hydrogen-bond donors (Lipinski definition) is 1. The highest BCUT2D eigenvalue weighted by Crippen LogP contribution is 2.07. The third-order valence-electron chi connectivity index (χ3n) is 1.52. The fourth-order valence-corrected chi connectivity index (χ4v) is 0.455. The van der Waals surface area contributed by atoms with E-state index in [-0.39, 0.29) is 0 Å². The predicted octanol–water partition coefficient (Wildman–Crippen LogP) is 2.45. The van der Waals surface area contributed by atoms with Crippen molar-refractivity contribution in [2.75, 3.05) is 0 Å². The first-order valence-corrected chi connectivity index (χ1v) is 3.64. The Morgan fingerprint density at radius 2 is 1.70 bits per heavy atom. The van der Waals surface area contributed by atoms with Crippen LogP contribution in [-0.4, -0.2) is 0 Å². The second-order valence-corrected chi connectivity index (χ2v) is 2.98. The molecule has 0 heterocycles. The van der Waals surface area contributed by atoms with Crippen LogP contribution >= 0.6 is 0 Å². The van der Waals surface area contributed by atoms with Crippen molar-refractivity contribution in [1.29, 1.82) is 0 Å². The van der Waals surface area contributed by atoms with Gasteiger partial charge in [-0.05, 0) is 25.8 Å². The van der Waals surface area contributed by atoms with Crippen molar-refractivity contribution in [3.05, 3.63) is 23.4 Å². The van der Waals surface area contributed by atoms with Crippen molar-refractivity contribution >= 4 is 0 Å². The van der Waals surface area contributed by atoms with Crippen LogP contribution < -0.4 is 5.73 Å². The van der Waals surface area contributed by atoms with Crippen LogP contribution in [0.4, 0.5) is 0 Å². The van der Waals surface area contributed by atoms with Crippen molar-refractivity contribution < 1.29 is 0 Å². The summed E-state index contributed by atoms with van der Waals surface area (Å²) in [6.07, 6.45) is 4.01. The Morgan fingerprint density at radius 3 is 2.00 bits per heavy atom. The molecule has 1 nitrogen and oxygen atoms in total. The van der Waals surface area contributed by atoms with E-state index in [9.17, 15) is 0 Å². The topological polar surface area (TPSA) is 26.0 Å². The fourth-order valence-electron chi connectivity index (χ4n) is 0.455. The average molecular weight is 139 g/mol. The Morgan fingerprint density at radius 1 is 1.20 bits per heavy atom. The summed E-state index contributed by atoms with van der Waals surface area (Å²) in [5.41, 5.74) is 7.68. The Bertz CT molecular complexity index is 148. The summed E-state index contributed by atoms with van der Waals surface area (Å²) in [4.78, 5) is 0. The minimum absolute atomic E-state index is 0.621. The van der Waals surface area contributed by atoms with Gasteiger partial charge in [0.05, 0.1) is 0 Å². The normalized spacial score (nSPS) is 14.5. The van der Waals surface area contributed by atoms with Gasteiger partial charge in [0.2, 0.25) is 0 Å². The van der Waals surface area contributed by atoms with Crippen LogP contribution in [0.3, 0.4) is 0 Å². The lowest BCUT2D eigenvalue weighted by molar-refractivity contribution is 0.769. The molecule has 0 unspecified atom stereocenters. The lowest BCUT2D eigenvalue weighted by Crippen LogP contribution is -1.91. The van der Waals surface area contributed by atoms with Crippen molar-refractivity contribution in [3.63, 3.8) is 0 Å². The second kappa shape index (κ2) is 4.15. The molecular formula is C9H17N. The van der Waals surface area contributed by atoms with E-state index in [1.54, 1.807) is 0 Å². The van der Waals surface area contributed by atoms with Gasteiger partial charge >= 0.3 is 0 Å². The number of hydrogen-bond acceptors (Lipinski definition) is 1. The van der Waals surface area contributed by atoms with Crippen LogP contribution in [0.5, 0.6) is 0 Å². The smallest absolute Gasteiger partial charge is 0.00488 e. The lowest BCUT2D eigenvalue weighted by Gasteiger charge is -2.01. The summed E-state index contributed by atoms with van der Waals surface area (Å²) in [6, 6.07) is 0. The quantitative estimate of drug-likeness (QED) is 0.584. The number of allylic oxidation sites excluding steroid dienone is 4. The maximum Gasteiger partial charge on any atom is 0.00488 e. The predicted molar refractivity (Wildman–Crippen MR) is 46.5 cm³/mol. The minimum Gasteiger partial charge on any atom is -0.402 e. The van der Waals surface area contributed by atoms with Crippen molar-refractivity contribution in [1.82, 2.24) is 0 Å². The fraction of sp³-hybridized carbons (Fsp3) is 0.556. The average Bonchev–Trinajstić information content (AvgIpc) is 1.82. The van der Waals surface area contributed by atoms with Gasteiger partial charge in [-0.1, -0.05) is 25.5 Å². The van der Waals surface area contributed by atoms with Crippen LogP contribution in [0.15, 0.2) is 23.4 Å². The molecule has 0 spiro atoms. The third kappa shape index (κ3) is 4.19. The molecule has 0 amide bonds. The zero-order valence-corrected chi connectivity index (χ0v) is 7.31. The first kappa shape index (κ1) is 9.28. The summed E-state index contributed by atoms with van der Waals surface area (Å²) in [6.45, 7) is 8.35. The van der Waals surface area contributed by atoms with E-state index in [0.29, 0.717) is 5.92 Å². The van der Waals surface area contributed by atoms with Gasteiger partial charge in [-0.3, -0.25) is 0 Å². The summed E-state index contributed by atoms with van der Waals surface area (Å²) in [7, 11) is 0. The van der Waals surface area contributed by atoms with E-state index in [2.05, 4.69) is 26.8 Å². The van der Waals surface area contributed by atoms with Crippen molar-refractivity contribution in [2.45, 2.75) is 27.7 Å². The third-order valence-corrected chi connectivity index (χ3v) is 1.52. The Kier molecular flexibility index (Phi) is 3.85. The first-order valence-electron chi connectivity index (χ1n) is 3.64. The summed E-state index contributed by atoms with van der Waals surface area (Å²) in [5.74, 6) is 0.621. The zero-order valence-electron chi connectivity index (χ0n) is 7.31. The summed E-state index contributed by atoms with van der Waals surface area (Å²) < 4.78 is 0. The molecule has 0 rings (SSSR count). The summed E-state index contributed by atoms with van der Waals surface area (Å²) >= 11 is 0. The van der Waals surface area contributed by atoms with E-state index >= 15 is 0 Å². The Labute approximate surface area is 63.6 Å². The van der Waals surface area contributed by atoms with Crippen molar-refractivity contribution in [2.24, 2.45) is 11.7 Å². The van der Waals surface area contributed by atoms with E-state index in [0.717, 1.165) is 5.70 Å². The molecule has 0 bridgehead atoms. The standard InChI is InChI=1S/C9H17N/c1-7(2)8(3)5-6-9(4)10/h5-7H,10H2,1-4H3/b8-5+,9-6-. The van der Waals surface area contributed by atoms with Gasteiger partial charge in [0.25, 0.3) is 0 Å². The van der Waals surface area contributed by atoms with E-state index in [1.807, 2.05) is 13.0 Å². The van der Waals surface area contributed by atoms with Gasteiger partial charge in [-0.15, -0.1) is 0 Å². The molecule has 0 atom stereocenters. The zero-order chi connectivity index (χ0) is 8.15. The van der Waals surface area contributed by atoms with Crippen LogP contribution in [0.25, 0.3) is 0 Å². The minimum atomic E-state index is 0.621. The monoisotopic (exact) mass is 139 g/mol. The van der Waals surface area contributed by atoms with Gasteiger partial charge < -0.3 is 5.73 Å². The summed E-state index contributed by atoms with van der Waals surface area (Å²) in [5, 5.41) is 0. The largest absolute Gasteiger partial charge is 0.402 e. The van der Waals surface area contributed by atoms with Crippen molar-refractivity contribution in [3.8, 4) is 0 Å². The maximum absolute atomic E-state index is 5.46. The van der Waals surface area contributed by atoms with Crippen LogP contribution in [-0.2, 0) is 0 Å². The van der Waals surface area contributed by atoms with Gasteiger partial charge in [0, 0.05) is 5.70 Å². The number of rotatable bonds is 2. The Hall–Kier alpha value is -0.720. The SMILES string of the molecule is C/C(N)=C/C=C(\C)C(C)C. The molecular weight excluding hydrogens is 122 g/mol. The first-order chi connectivity index (χ1) is 4.54. The lowest BCUT2D eigenvalue weighted by atomic mass is 10.1. The van der Waals surface area contributed by atoms with Crippen LogP contribution in [0, 0.1) is 5.92 Å². The van der Waals surface area contributed by atoms with Crippen LogP contribution in [0.1, 0.15) is 27.7 Å². The molecule has 1 heteroatoms. The molecule has 2 N–H and O–H groups in total. The molecule has 0 aliphatic carbocycles. The molecule has 0 saturated heterocycles. The molecule has 0 aliphatic rings. The van der Waals surface area contributed by atoms with Gasteiger partial charge in [-0.2, -0.15) is 0 Å². The van der Waals surface area contributed by atoms with Gasteiger partial charge in [-0.25, -0.2) is 0 Å². The highest BCUT2D eigenvalue weighted by Gasteiger charge is 1.92. The highest BCUT2D eigenvalue weighted by molar-refractivity contribution is 5.14. The van der Waals surface area contributed by atoms with E-state index < -0.39 is 0 Å². The highest BCUT2D eigenvalue weighted by atomic mass is 14.5. The Balaban J connectivity index is 4.05. The molecule has 0 aromatic carbocycles. The molecule has 0 fully saturated rings. The molecule has 0 aromatic heterocycles. The second-order valence-electron chi connectivity index (χ2n) is 2.98. The molecule has 10 heavy (non-hydrogen) atoms. The van der Waals surface area contributed by atoms with E-state index in [4.69, 9.17) is 5.73 Å².